The van der Waals surface area contributed by atoms with Crippen molar-refractivity contribution in [2.75, 3.05) is 105 Å². The fraction of sp³-hybridized carbons (Fsp3) is 0.833. The standard InChI is InChI=1S/C24H42N2O9/c27-23(21-1-5-25-6-2-21)34-19-17-32-15-13-30-11-9-29-10-12-31-14-16-33-18-20-35-24(28)22-3-7-26-8-4-22/h1,22,25-26H,2-20H2. The van der Waals surface area contributed by atoms with E-state index in [9.17, 15) is 9.59 Å². The molecule has 202 valence electrons. The molecule has 0 atom stereocenters. The maximum Gasteiger partial charge on any atom is 0.333 e. The minimum atomic E-state index is -0.259. The molecule has 0 aromatic rings. The number of hydrogen-bond donors (Lipinski definition) is 2. The van der Waals surface area contributed by atoms with E-state index in [2.05, 4.69) is 10.6 Å². The third-order valence-corrected chi connectivity index (χ3v) is 5.42. The smallest absolute Gasteiger partial charge is 0.333 e. The van der Waals surface area contributed by atoms with Gasteiger partial charge in [0.15, 0.2) is 0 Å². The molecule has 0 spiro atoms. The van der Waals surface area contributed by atoms with Crippen LogP contribution in [0.15, 0.2) is 11.6 Å². The summed E-state index contributed by atoms with van der Waals surface area (Å²) in [4.78, 5) is 23.7. The number of rotatable bonds is 20. The molecule has 11 heteroatoms. The van der Waals surface area contributed by atoms with Gasteiger partial charge in [0.25, 0.3) is 0 Å². The van der Waals surface area contributed by atoms with Gasteiger partial charge in [-0.15, -0.1) is 0 Å². The van der Waals surface area contributed by atoms with Crippen LogP contribution in [-0.2, 0) is 42.7 Å². The molecule has 0 aliphatic carbocycles. The Morgan fingerprint density at radius 2 is 1.14 bits per heavy atom. The molecule has 2 N–H and O–H groups in total. The Labute approximate surface area is 208 Å². The molecular weight excluding hydrogens is 460 g/mol. The molecule has 0 saturated carbocycles. The van der Waals surface area contributed by atoms with E-state index in [1.54, 1.807) is 0 Å². The molecule has 2 aliphatic rings. The predicted molar refractivity (Wildman–Crippen MR) is 127 cm³/mol. The van der Waals surface area contributed by atoms with Crippen molar-refractivity contribution in [2.45, 2.75) is 19.3 Å². The van der Waals surface area contributed by atoms with Gasteiger partial charge in [0, 0.05) is 12.1 Å². The first-order valence-corrected chi connectivity index (χ1v) is 12.6. The monoisotopic (exact) mass is 502 g/mol. The van der Waals surface area contributed by atoms with E-state index in [0.717, 1.165) is 38.0 Å². The Bertz CT molecular complexity index is 598. The first-order chi connectivity index (χ1) is 17.3. The van der Waals surface area contributed by atoms with Gasteiger partial charge >= 0.3 is 11.9 Å². The van der Waals surface area contributed by atoms with Crippen LogP contribution in [0.5, 0.6) is 0 Å². The van der Waals surface area contributed by atoms with Gasteiger partial charge in [-0.2, -0.15) is 0 Å². The molecule has 2 aliphatic heterocycles. The topological polar surface area (TPSA) is 123 Å². The van der Waals surface area contributed by atoms with Crippen LogP contribution in [0.2, 0.25) is 0 Å². The molecule has 1 saturated heterocycles. The fourth-order valence-corrected chi connectivity index (χ4v) is 3.45. The van der Waals surface area contributed by atoms with Gasteiger partial charge in [-0.3, -0.25) is 4.79 Å². The summed E-state index contributed by atoms with van der Waals surface area (Å²) in [6, 6.07) is 0. The van der Waals surface area contributed by atoms with Crippen molar-refractivity contribution in [1.29, 1.82) is 0 Å². The van der Waals surface area contributed by atoms with Crippen LogP contribution in [0, 0.1) is 5.92 Å². The van der Waals surface area contributed by atoms with Gasteiger partial charge in [0.05, 0.1) is 72.0 Å². The van der Waals surface area contributed by atoms with Crippen LogP contribution in [0.25, 0.3) is 0 Å². The van der Waals surface area contributed by atoms with Crippen LogP contribution < -0.4 is 10.6 Å². The minimum Gasteiger partial charge on any atom is -0.463 e. The molecule has 2 rings (SSSR count). The summed E-state index contributed by atoms with van der Waals surface area (Å²) in [5.74, 6) is -0.363. The first-order valence-electron chi connectivity index (χ1n) is 12.6. The summed E-state index contributed by atoms with van der Waals surface area (Å²) in [5, 5.41) is 6.38. The first kappa shape index (κ1) is 29.6. The molecule has 1 fully saturated rings. The molecule has 0 aromatic carbocycles. The van der Waals surface area contributed by atoms with Crippen molar-refractivity contribution >= 4 is 11.9 Å². The van der Waals surface area contributed by atoms with Crippen LogP contribution in [-0.4, -0.2) is 117 Å². The van der Waals surface area contributed by atoms with E-state index in [-0.39, 0.29) is 31.1 Å². The number of piperidine rings is 1. The van der Waals surface area contributed by atoms with Crippen molar-refractivity contribution in [3.63, 3.8) is 0 Å². The SMILES string of the molecule is O=C(OCCOCCOCCOCCOCCOCCOC(=O)C1CCNCC1)C1=CCNCC1. The highest BCUT2D eigenvalue weighted by Gasteiger charge is 2.21. The average Bonchev–Trinajstić information content (AvgIpc) is 2.90. The van der Waals surface area contributed by atoms with Crippen LogP contribution >= 0.6 is 0 Å². The van der Waals surface area contributed by atoms with E-state index in [1.807, 2.05) is 6.08 Å². The van der Waals surface area contributed by atoms with Crippen molar-refractivity contribution in [2.24, 2.45) is 5.92 Å². The van der Waals surface area contributed by atoms with Gasteiger partial charge in [0.2, 0.25) is 0 Å². The fourth-order valence-electron chi connectivity index (χ4n) is 3.45. The zero-order valence-corrected chi connectivity index (χ0v) is 20.8. The Hall–Kier alpha value is -1.60. The maximum absolute atomic E-state index is 11.9. The lowest BCUT2D eigenvalue weighted by molar-refractivity contribution is -0.151. The number of carbonyl (C=O) groups is 2. The molecule has 0 aromatic heterocycles. The normalized spacial score (nSPS) is 16.6. The highest BCUT2D eigenvalue weighted by atomic mass is 16.6. The summed E-state index contributed by atoms with van der Waals surface area (Å²) in [6.45, 7) is 8.20. The highest BCUT2D eigenvalue weighted by Crippen LogP contribution is 2.13. The predicted octanol–water partition coefficient (Wildman–Crippen LogP) is 0.0751. The Balaban J connectivity index is 1.22. The summed E-state index contributed by atoms with van der Waals surface area (Å²) in [6.07, 6.45) is 4.25. The summed E-state index contributed by atoms with van der Waals surface area (Å²) < 4.78 is 37.5. The van der Waals surface area contributed by atoms with E-state index >= 15 is 0 Å². The molecular formula is C24H42N2O9. The Kier molecular flexibility index (Phi) is 17.4. The zero-order chi connectivity index (χ0) is 24.8. The number of carbonyl (C=O) groups excluding carboxylic acids is 2. The summed E-state index contributed by atoms with van der Waals surface area (Å²) in [7, 11) is 0. The maximum atomic E-state index is 11.9. The average molecular weight is 503 g/mol. The lowest BCUT2D eigenvalue weighted by Gasteiger charge is -2.20. The molecule has 35 heavy (non-hydrogen) atoms. The van der Waals surface area contributed by atoms with Crippen molar-refractivity contribution in [3.8, 4) is 0 Å². The number of nitrogens with one attached hydrogen (secondary N) is 2. The lowest BCUT2D eigenvalue weighted by atomic mass is 9.99. The Morgan fingerprint density at radius 3 is 1.63 bits per heavy atom. The van der Waals surface area contributed by atoms with E-state index in [4.69, 9.17) is 33.2 Å². The van der Waals surface area contributed by atoms with Crippen molar-refractivity contribution in [3.05, 3.63) is 11.6 Å². The minimum absolute atomic E-state index is 0.0173. The van der Waals surface area contributed by atoms with Gasteiger partial charge in [-0.05, 0) is 38.9 Å². The van der Waals surface area contributed by atoms with Crippen LogP contribution in [0.1, 0.15) is 19.3 Å². The molecule has 0 unspecified atom stereocenters. The quantitative estimate of drug-likeness (QED) is 0.174. The van der Waals surface area contributed by atoms with Crippen molar-refractivity contribution in [1.82, 2.24) is 10.6 Å². The van der Waals surface area contributed by atoms with Gasteiger partial charge in [-0.25, -0.2) is 4.79 Å². The molecule has 11 nitrogen and oxygen atoms in total. The second kappa shape index (κ2) is 20.6. The van der Waals surface area contributed by atoms with Gasteiger partial charge < -0.3 is 43.8 Å². The third-order valence-electron chi connectivity index (χ3n) is 5.42. The van der Waals surface area contributed by atoms with Crippen LogP contribution in [0.4, 0.5) is 0 Å². The van der Waals surface area contributed by atoms with Gasteiger partial charge in [0.1, 0.15) is 13.2 Å². The second-order valence-corrected chi connectivity index (χ2v) is 8.07. The van der Waals surface area contributed by atoms with E-state index in [1.165, 1.54) is 0 Å². The summed E-state index contributed by atoms with van der Waals surface area (Å²) in [5.41, 5.74) is 0.730. The number of hydrogen-bond acceptors (Lipinski definition) is 11. The zero-order valence-electron chi connectivity index (χ0n) is 20.8. The summed E-state index contributed by atoms with van der Waals surface area (Å²) >= 11 is 0. The molecule has 0 radical (unpaired) electrons. The van der Waals surface area contributed by atoms with Gasteiger partial charge in [-0.1, -0.05) is 6.08 Å². The highest BCUT2D eigenvalue weighted by molar-refractivity contribution is 5.88. The van der Waals surface area contributed by atoms with Crippen molar-refractivity contribution < 1.29 is 42.7 Å². The lowest BCUT2D eigenvalue weighted by Crippen LogP contribution is -2.33. The Morgan fingerprint density at radius 1 is 0.657 bits per heavy atom. The van der Waals surface area contributed by atoms with E-state index < -0.39 is 0 Å². The number of esters is 2. The molecule has 0 amide bonds. The van der Waals surface area contributed by atoms with Crippen LogP contribution in [0.3, 0.4) is 0 Å². The van der Waals surface area contributed by atoms with E-state index in [0.29, 0.717) is 79.0 Å². The number of ether oxygens (including phenoxy) is 7. The third kappa shape index (κ3) is 15.2. The largest absolute Gasteiger partial charge is 0.463 e. The molecule has 2 heterocycles. The molecule has 0 bridgehead atoms. The second-order valence-electron chi connectivity index (χ2n) is 8.07.